The standard InChI is InChI=1S/C21H22N4O4S/c26-21(25-12-5-2-6-13-25)20-18(19(24-29-20)16-8-7-11-22-14-16)15-23-30(27,28)17-9-3-1-4-10-17/h1,3-4,7-11,14,23H,2,5-6,12-13,15H2. The second-order valence-corrected chi connectivity index (χ2v) is 8.84. The van der Waals surface area contributed by atoms with Crippen LogP contribution in [0.15, 0.2) is 64.3 Å². The van der Waals surface area contributed by atoms with E-state index >= 15 is 0 Å². The van der Waals surface area contributed by atoms with Crippen molar-refractivity contribution in [3.8, 4) is 11.3 Å². The highest BCUT2D eigenvalue weighted by Crippen LogP contribution is 2.27. The first kappa shape index (κ1) is 20.2. The van der Waals surface area contributed by atoms with Crippen LogP contribution >= 0.6 is 0 Å². The molecular weight excluding hydrogens is 404 g/mol. The smallest absolute Gasteiger partial charge is 0.292 e. The first-order valence-electron chi connectivity index (χ1n) is 9.79. The van der Waals surface area contributed by atoms with E-state index in [9.17, 15) is 13.2 Å². The summed E-state index contributed by atoms with van der Waals surface area (Å²) >= 11 is 0. The van der Waals surface area contributed by atoms with Gasteiger partial charge in [-0.15, -0.1) is 0 Å². The molecule has 1 aromatic carbocycles. The van der Waals surface area contributed by atoms with Gasteiger partial charge in [0.1, 0.15) is 5.69 Å². The summed E-state index contributed by atoms with van der Waals surface area (Å²) in [6.07, 6.45) is 6.19. The molecular formula is C21H22N4O4S. The molecule has 0 aliphatic carbocycles. The van der Waals surface area contributed by atoms with E-state index in [1.54, 1.807) is 47.6 Å². The molecule has 3 heterocycles. The highest BCUT2D eigenvalue weighted by molar-refractivity contribution is 7.89. The summed E-state index contributed by atoms with van der Waals surface area (Å²) in [5, 5.41) is 4.08. The number of carbonyl (C=O) groups is 1. The monoisotopic (exact) mass is 426 g/mol. The fourth-order valence-electron chi connectivity index (χ4n) is 3.46. The van der Waals surface area contributed by atoms with Gasteiger partial charge in [0.25, 0.3) is 5.91 Å². The fourth-order valence-corrected chi connectivity index (χ4v) is 4.48. The lowest BCUT2D eigenvalue weighted by molar-refractivity contribution is 0.0680. The zero-order valence-electron chi connectivity index (χ0n) is 16.3. The molecule has 1 aliphatic heterocycles. The summed E-state index contributed by atoms with van der Waals surface area (Å²) in [6.45, 7) is 1.17. The summed E-state index contributed by atoms with van der Waals surface area (Å²) < 4.78 is 33.4. The molecule has 9 heteroatoms. The van der Waals surface area contributed by atoms with Crippen LogP contribution < -0.4 is 4.72 Å². The molecule has 0 unspecified atom stereocenters. The Bertz CT molecular complexity index is 1110. The number of nitrogens with zero attached hydrogens (tertiary/aromatic N) is 3. The Morgan fingerprint density at radius 1 is 1.07 bits per heavy atom. The molecule has 1 aliphatic rings. The van der Waals surface area contributed by atoms with E-state index in [4.69, 9.17) is 4.52 Å². The minimum atomic E-state index is -3.76. The van der Waals surface area contributed by atoms with Gasteiger partial charge >= 0.3 is 0 Å². The van der Waals surface area contributed by atoms with Crippen LogP contribution in [-0.2, 0) is 16.6 Å². The van der Waals surface area contributed by atoms with Crippen LogP contribution in [-0.4, -0.2) is 42.5 Å². The van der Waals surface area contributed by atoms with Crippen molar-refractivity contribution in [2.24, 2.45) is 0 Å². The van der Waals surface area contributed by atoms with Crippen molar-refractivity contribution < 1.29 is 17.7 Å². The zero-order chi connectivity index (χ0) is 21.0. The molecule has 1 saturated heterocycles. The van der Waals surface area contributed by atoms with E-state index in [0.717, 1.165) is 19.3 Å². The number of sulfonamides is 1. The highest BCUT2D eigenvalue weighted by Gasteiger charge is 2.29. The van der Waals surface area contributed by atoms with Crippen LogP contribution in [0.1, 0.15) is 35.4 Å². The number of piperidine rings is 1. The van der Waals surface area contributed by atoms with Crippen molar-refractivity contribution in [2.45, 2.75) is 30.7 Å². The first-order valence-corrected chi connectivity index (χ1v) is 11.3. The Hall–Kier alpha value is -3.04. The zero-order valence-corrected chi connectivity index (χ0v) is 17.1. The van der Waals surface area contributed by atoms with Gasteiger partial charge in [0.05, 0.1) is 4.90 Å². The van der Waals surface area contributed by atoms with Gasteiger partial charge < -0.3 is 9.42 Å². The molecule has 0 bridgehead atoms. The summed E-state index contributed by atoms with van der Waals surface area (Å²) in [6, 6.07) is 11.6. The fraction of sp³-hybridized carbons (Fsp3) is 0.286. The maximum Gasteiger partial charge on any atom is 0.292 e. The van der Waals surface area contributed by atoms with Crippen LogP contribution in [0.2, 0.25) is 0 Å². The molecule has 2 aromatic heterocycles. The van der Waals surface area contributed by atoms with Crippen LogP contribution in [0.25, 0.3) is 11.3 Å². The Kier molecular flexibility index (Phi) is 5.91. The van der Waals surface area contributed by atoms with E-state index in [1.807, 2.05) is 0 Å². The highest BCUT2D eigenvalue weighted by atomic mass is 32.2. The number of rotatable bonds is 6. The summed E-state index contributed by atoms with van der Waals surface area (Å²) in [4.78, 5) is 19.0. The van der Waals surface area contributed by atoms with Crippen molar-refractivity contribution in [1.82, 2.24) is 19.8 Å². The Morgan fingerprint density at radius 2 is 1.83 bits per heavy atom. The predicted molar refractivity (Wildman–Crippen MR) is 110 cm³/mol. The molecule has 3 aromatic rings. The summed E-state index contributed by atoms with van der Waals surface area (Å²) in [5.41, 5.74) is 1.45. The number of nitrogens with one attached hydrogen (secondary N) is 1. The Balaban J connectivity index is 1.67. The topological polar surface area (TPSA) is 105 Å². The molecule has 1 N–H and O–H groups in total. The normalized spacial score (nSPS) is 14.6. The maximum absolute atomic E-state index is 13.1. The quantitative estimate of drug-likeness (QED) is 0.650. The average Bonchev–Trinajstić information content (AvgIpc) is 3.23. The molecule has 8 nitrogen and oxygen atoms in total. The largest absolute Gasteiger partial charge is 0.350 e. The van der Waals surface area contributed by atoms with Gasteiger partial charge in [0.2, 0.25) is 15.8 Å². The number of hydrogen-bond donors (Lipinski definition) is 1. The SMILES string of the molecule is O=C(c1onc(-c2cccnc2)c1CNS(=O)(=O)c1ccccc1)N1CCCCC1. The lowest BCUT2D eigenvalue weighted by atomic mass is 10.1. The Labute approximate surface area is 175 Å². The van der Waals surface area contributed by atoms with Crippen LogP contribution in [0.5, 0.6) is 0 Å². The molecule has 0 radical (unpaired) electrons. The number of amides is 1. The maximum atomic E-state index is 13.1. The van der Waals surface area contributed by atoms with Gasteiger partial charge in [-0.25, -0.2) is 13.1 Å². The van der Waals surface area contributed by atoms with E-state index in [-0.39, 0.29) is 23.1 Å². The van der Waals surface area contributed by atoms with E-state index in [1.165, 1.54) is 12.1 Å². The third-order valence-electron chi connectivity index (χ3n) is 5.05. The van der Waals surface area contributed by atoms with Crippen LogP contribution in [0, 0.1) is 0 Å². The molecule has 0 atom stereocenters. The van der Waals surface area contributed by atoms with Crippen molar-refractivity contribution in [1.29, 1.82) is 0 Å². The molecule has 156 valence electrons. The van der Waals surface area contributed by atoms with E-state index in [2.05, 4.69) is 14.9 Å². The molecule has 1 fully saturated rings. The van der Waals surface area contributed by atoms with Gasteiger partial charge in [0, 0.05) is 43.2 Å². The number of hydrogen-bond acceptors (Lipinski definition) is 6. The molecule has 0 saturated carbocycles. The minimum absolute atomic E-state index is 0.0616. The molecule has 0 spiro atoms. The Morgan fingerprint density at radius 3 is 2.53 bits per heavy atom. The number of likely N-dealkylation sites (tertiary alicyclic amines) is 1. The van der Waals surface area contributed by atoms with Crippen molar-refractivity contribution >= 4 is 15.9 Å². The third kappa shape index (κ3) is 4.27. The third-order valence-corrected chi connectivity index (χ3v) is 6.47. The van der Waals surface area contributed by atoms with Crippen LogP contribution in [0.3, 0.4) is 0 Å². The first-order chi connectivity index (χ1) is 14.6. The average molecular weight is 426 g/mol. The predicted octanol–water partition coefficient (Wildman–Crippen LogP) is 2.84. The minimum Gasteiger partial charge on any atom is -0.350 e. The van der Waals surface area contributed by atoms with Gasteiger partial charge in [-0.3, -0.25) is 9.78 Å². The van der Waals surface area contributed by atoms with Crippen LogP contribution in [0.4, 0.5) is 0 Å². The molecule has 1 amide bonds. The van der Waals surface area contributed by atoms with Gasteiger partial charge in [-0.05, 0) is 43.5 Å². The van der Waals surface area contributed by atoms with E-state index in [0.29, 0.717) is 29.9 Å². The number of aromatic nitrogens is 2. The lowest BCUT2D eigenvalue weighted by Crippen LogP contribution is -2.36. The van der Waals surface area contributed by atoms with E-state index < -0.39 is 10.0 Å². The van der Waals surface area contributed by atoms with Gasteiger partial charge in [-0.1, -0.05) is 23.4 Å². The second-order valence-electron chi connectivity index (χ2n) is 7.07. The van der Waals surface area contributed by atoms with Gasteiger partial charge in [-0.2, -0.15) is 0 Å². The number of pyridine rings is 1. The molecule has 30 heavy (non-hydrogen) atoms. The second kappa shape index (κ2) is 8.76. The van der Waals surface area contributed by atoms with Crippen molar-refractivity contribution in [2.75, 3.05) is 13.1 Å². The lowest BCUT2D eigenvalue weighted by Gasteiger charge is -2.25. The summed E-state index contributed by atoms with van der Waals surface area (Å²) in [7, 11) is -3.76. The molecule has 4 rings (SSSR count). The van der Waals surface area contributed by atoms with Gasteiger partial charge in [0.15, 0.2) is 0 Å². The number of carbonyl (C=O) groups excluding carboxylic acids is 1. The van der Waals surface area contributed by atoms with Crippen molar-refractivity contribution in [3.63, 3.8) is 0 Å². The summed E-state index contributed by atoms with van der Waals surface area (Å²) in [5.74, 6) is -0.210. The number of benzene rings is 1. The van der Waals surface area contributed by atoms with Crippen molar-refractivity contribution in [3.05, 3.63) is 66.2 Å².